The van der Waals surface area contributed by atoms with E-state index in [1.54, 1.807) is 12.1 Å². The molecule has 7 nitrogen and oxygen atoms in total. The number of carboxylic acids is 1. The van der Waals surface area contributed by atoms with Gasteiger partial charge < -0.3 is 14.6 Å². The summed E-state index contributed by atoms with van der Waals surface area (Å²) in [6.07, 6.45) is 0. The highest BCUT2D eigenvalue weighted by atomic mass is 32.2. The number of hydrogen-bond acceptors (Lipinski definition) is 5. The first-order valence-corrected chi connectivity index (χ1v) is 9.56. The Hall–Kier alpha value is -2.88. The largest absolute Gasteiger partial charge is 0.493 e. The van der Waals surface area contributed by atoms with Gasteiger partial charge in [0.1, 0.15) is 0 Å². The molecule has 0 amide bonds. The highest BCUT2D eigenvalue weighted by Crippen LogP contribution is 2.35. The van der Waals surface area contributed by atoms with Crippen LogP contribution in [0.15, 0.2) is 41.3 Å². The Morgan fingerprint density at radius 2 is 1.71 bits per heavy atom. The number of nitrogens with one attached hydrogen (secondary N) is 1. The average molecular weight is 415 g/mol. The molecule has 0 saturated heterocycles. The Kier molecular flexibility index (Phi) is 6.45. The number of carbonyl (C=O) groups is 1. The lowest BCUT2D eigenvalue weighted by atomic mass is 10.0. The van der Waals surface area contributed by atoms with Crippen molar-refractivity contribution in [2.45, 2.75) is 31.3 Å². The van der Waals surface area contributed by atoms with E-state index in [1.807, 2.05) is 13.8 Å². The molecule has 152 valence electrons. The summed E-state index contributed by atoms with van der Waals surface area (Å²) >= 11 is 0. The summed E-state index contributed by atoms with van der Waals surface area (Å²) in [5.74, 6) is -2.11. The monoisotopic (exact) mass is 415 g/mol. The second-order valence-electron chi connectivity index (χ2n) is 6.06. The molecule has 0 unspecified atom stereocenters. The lowest BCUT2D eigenvalue weighted by Gasteiger charge is -2.16. The van der Waals surface area contributed by atoms with E-state index in [0.717, 1.165) is 24.8 Å². The van der Waals surface area contributed by atoms with Crippen molar-refractivity contribution in [3.8, 4) is 11.5 Å². The van der Waals surface area contributed by atoms with Crippen LogP contribution in [0.4, 0.5) is 14.5 Å². The molecule has 0 aliphatic carbocycles. The quantitative estimate of drug-likeness (QED) is 0.678. The molecule has 2 aromatic rings. The molecule has 2 N–H and O–H groups in total. The predicted molar refractivity (Wildman–Crippen MR) is 97.9 cm³/mol. The second kappa shape index (κ2) is 8.42. The summed E-state index contributed by atoms with van der Waals surface area (Å²) in [4.78, 5) is 11.4. The molecule has 0 fully saturated rings. The number of halogens is 2. The minimum Gasteiger partial charge on any atom is -0.493 e. The van der Waals surface area contributed by atoms with E-state index in [9.17, 15) is 27.1 Å². The maximum atomic E-state index is 12.6. The topological polar surface area (TPSA) is 102 Å². The number of methoxy groups -OCH3 is 1. The summed E-state index contributed by atoms with van der Waals surface area (Å²) in [7, 11) is -2.98. The molecule has 0 aromatic heterocycles. The molecule has 2 aromatic carbocycles. The molecule has 0 bridgehead atoms. The summed E-state index contributed by atoms with van der Waals surface area (Å²) in [6.45, 7) is 0.699. The van der Waals surface area contributed by atoms with E-state index < -0.39 is 33.9 Å². The predicted octanol–water partition coefficient (Wildman–Crippen LogP) is 3.92. The Labute approximate surface area is 161 Å². The van der Waals surface area contributed by atoms with Crippen LogP contribution < -0.4 is 14.2 Å². The number of carboxylic acid groups (broad SMARTS) is 1. The SMILES string of the molecule is COc1cc(NS(=O)(=O)c2ccc(C(C)C)cc2)c(C(=O)O)cc1OC(F)F. The van der Waals surface area contributed by atoms with Gasteiger partial charge in [-0.15, -0.1) is 0 Å². The van der Waals surface area contributed by atoms with Gasteiger partial charge in [0, 0.05) is 12.1 Å². The lowest BCUT2D eigenvalue weighted by Crippen LogP contribution is -2.16. The van der Waals surface area contributed by atoms with Gasteiger partial charge in [0.05, 0.1) is 23.3 Å². The summed E-state index contributed by atoms with van der Waals surface area (Å²) in [6, 6.07) is 7.83. The number of sulfonamides is 1. The van der Waals surface area contributed by atoms with Crippen molar-refractivity contribution in [2.24, 2.45) is 0 Å². The molecule has 0 aliphatic rings. The third-order valence-corrected chi connectivity index (χ3v) is 5.23. The van der Waals surface area contributed by atoms with Crippen molar-refractivity contribution in [2.75, 3.05) is 11.8 Å². The maximum Gasteiger partial charge on any atom is 0.387 e. The van der Waals surface area contributed by atoms with Crippen molar-refractivity contribution in [1.82, 2.24) is 0 Å². The van der Waals surface area contributed by atoms with Crippen LogP contribution in [-0.4, -0.2) is 33.2 Å². The van der Waals surface area contributed by atoms with E-state index >= 15 is 0 Å². The summed E-state index contributed by atoms with van der Waals surface area (Å²) in [5.41, 5.74) is 0.0121. The molecule has 0 aliphatic heterocycles. The van der Waals surface area contributed by atoms with E-state index in [4.69, 9.17) is 4.74 Å². The van der Waals surface area contributed by atoms with Crippen LogP contribution in [0.5, 0.6) is 11.5 Å². The zero-order chi connectivity index (χ0) is 21.1. The first-order chi connectivity index (χ1) is 13.0. The van der Waals surface area contributed by atoms with Crippen molar-refractivity contribution >= 4 is 21.7 Å². The Morgan fingerprint density at radius 3 is 2.18 bits per heavy atom. The molecule has 0 heterocycles. The number of alkyl halides is 2. The van der Waals surface area contributed by atoms with Crippen molar-refractivity contribution in [1.29, 1.82) is 0 Å². The first kappa shape index (κ1) is 21.4. The van der Waals surface area contributed by atoms with Crippen LogP contribution in [0.1, 0.15) is 35.7 Å². The number of ether oxygens (including phenoxy) is 2. The van der Waals surface area contributed by atoms with Crippen LogP contribution in [0.25, 0.3) is 0 Å². The van der Waals surface area contributed by atoms with Gasteiger partial charge in [-0.05, 0) is 23.6 Å². The number of anilines is 1. The van der Waals surface area contributed by atoms with Gasteiger partial charge in [-0.25, -0.2) is 13.2 Å². The fourth-order valence-corrected chi connectivity index (χ4v) is 3.48. The number of rotatable bonds is 8. The average Bonchev–Trinajstić information content (AvgIpc) is 2.61. The van der Waals surface area contributed by atoms with Gasteiger partial charge in [0.25, 0.3) is 10.0 Å². The van der Waals surface area contributed by atoms with Gasteiger partial charge >= 0.3 is 12.6 Å². The van der Waals surface area contributed by atoms with Gasteiger partial charge in [0.15, 0.2) is 11.5 Å². The summed E-state index contributed by atoms with van der Waals surface area (Å²) in [5, 5.41) is 9.33. The number of aromatic carboxylic acids is 1. The number of benzene rings is 2. The molecular formula is C18H19F2NO6S. The third-order valence-electron chi connectivity index (χ3n) is 3.85. The molecule has 0 atom stereocenters. The van der Waals surface area contributed by atoms with Crippen LogP contribution in [0, 0.1) is 0 Å². The standard InChI is InChI=1S/C18H19F2NO6S/c1-10(2)11-4-6-12(7-5-11)28(24,25)21-14-9-15(26-3)16(27-18(19)20)8-13(14)17(22)23/h4-10,18,21H,1-3H3,(H,22,23). The summed E-state index contributed by atoms with van der Waals surface area (Å²) < 4.78 is 61.6. The first-order valence-electron chi connectivity index (χ1n) is 8.08. The van der Waals surface area contributed by atoms with Crippen LogP contribution >= 0.6 is 0 Å². The third kappa shape index (κ3) is 4.89. The highest BCUT2D eigenvalue weighted by molar-refractivity contribution is 7.92. The van der Waals surface area contributed by atoms with E-state index in [-0.39, 0.29) is 22.3 Å². The molecule has 10 heteroatoms. The highest BCUT2D eigenvalue weighted by Gasteiger charge is 2.23. The molecule has 0 spiro atoms. The lowest BCUT2D eigenvalue weighted by molar-refractivity contribution is -0.0512. The zero-order valence-corrected chi connectivity index (χ0v) is 16.1. The normalized spacial score (nSPS) is 11.5. The van der Waals surface area contributed by atoms with Crippen LogP contribution in [0.3, 0.4) is 0 Å². The molecule has 0 radical (unpaired) electrons. The van der Waals surface area contributed by atoms with Gasteiger partial charge in [-0.2, -0.15) is 8.78 Å². The smallest absolute Gasteiger partial charge is 0.387 e. The van der Waals surface area contributed by atoms with Gasteiger partial charge in [-0.1, -0.05) is 26.0 Å². The second-order valence-corrected chi connectivity index (χ2v) is 7.74. The Morgan fingerprint density at radius 1 is 1.11 bits per heavy atom. The van der Waals surface area contributed by atoms with Crippen LogP contribution in [-0.2, 0) is 10.0 Å². The van der Waals surface area contributed by atoms with E-state index in [1.165, 1.54) is 12.1 Å². The number of hydrogen-bond donors (Lipinski definition) is 2. The molecule has 28 heavy (non-hydrogen) atoms. The molecule has 0 saturated carbocycles. The fraction of sp³-hybridized carbons (Fsp3) is 0.278. The van der Waals surface area contributed by atoms with Crippen molar-refractivity contribution < 1.29 is 36.6 Å². The molecular weight excluding hydrogens is 396 g/mol. The molecule has 2 rings (SSSR count). The Balaban J connectivity index is 2.46. The Bertz CT molecular complexity index is 959. The zero-order valence-electron chi connectivity index (χ0n) is 15.3. The van der Waals surface area contributed by atoms with E-state index in [2.05, 4.69) is 9.46 Å². The van der Waals surface area contributed by atoms with Crippen LogP contribution in [0.2, 0.25) is 0 Å². The minimum atomic E-state index is -4.13. The minimum absolute atomic E-state index is 0.0832. The van der Waals surface area contributed by atoms with Crippen molar-refractivity contribution in [3.05, 3.63) is 47.5 Å². The maximum absolute atomic E-state index is 12.6. The fourth-order valence-electron chi connectivity index (χ4n) is 2.40. The van der Waals surface area contributed by atoms with Crippen molar-refractivity contribution in [3.63, 3.8) is 0 Å². The van der Waals surface area contributed by atoms with E-state index in [0.29, 0.717) is 0 Å². The van der Waals surface area contributed by atoms with Gasteiger partial charge in [0.2, 0.25) is 0 Å². The van der Waals surface area contributed by atoms with Gasteiger partial charge in [-0.3, -0.25) is 4.72 Å².